The van der Waals surface area contributed by atoms with Gasteiger partial charge in [0.2, 0.25) is 11.8 Å². The Labute approximate surface area is 257 Å². The summed E-state index contributed by atoms with van der Waals surface area (Å²) in [5, 5.41) is 2.93. The lowest BCUT2D eigenvalue weighted by Gasteiger charge is -2.35. The fourth-order valence-corrected chi connectivity index (χ4v) is 6.22. The standard InChI is InChI=1S/C32H38FN3O7S/c1-6-27(31(38)34-32(2,3)4)35(20-22-8-7-9-25(18-22)41-5)30(37)21-36(24-12-10-23(33)11-13-24)44(39,40)26-14-15-28-29(19-26)43-17-16-42-28/h7-15,18-19,27H,6,16-17,20-21H2,1-5H3,(H,34,38). The molecule has 1 heterocycles. The van der Waals surface area contributed by atoms with Crippen LogP contribution in [0.1, 0.15) is 39.7 Å². The number of fused-ring (bicyclic) bond motifs is 1. The number of benzene rings is 3. The smallest absolute Gasteiger partial charge is 0.264 e. The van der Waals surface area contributed by atoms with Crippen LogP contribution < -0.4 is 23.8 Å². The number of nitrogens with zero attached hydrogens (tertiary/aromatic N) is 2. The summed E-state index contributed by atoms with van der Waals surface area (Å²) in [6, 6.07) is 15.2. The minimum absolute atomic E-state index is 0.00737. The number of anilines is 1. The van der Waals surface area contributed by atoms with E-state index in [0.29, 0.717) is 23.7 Å². The zero-order valence-electron chi connectivity index (χ0n) is 25.5. The first-order valence-corrected chi connectivity index (χ1v) is 15.7. The maximum Gasteiger partial charge on any atom is 0.264 e. The van der Waals surface area contributed by atoms with E-state index in [-0.39, 0.29) is 41.8 Å². The van der Waals surface area contributed by atoms with Crippen molar-refractivity contribution in [2.45, 2.75) is 57.1 Å². The molecule has 1 N–H and O–H groups in total. The lowest BCUT2D eigenvalue weighted by atomic mass is 10.1. The molecule has 44 heavy (non-hydrogen) atoms. The van der Waals surface area contributed by atoms with Crippen LogP contribution in [0.25, 0.3) is 0 Å². The molecule has 0 saturated carbocycles. The quantitative estimate of drug-likeness (QED) is 0.333. The molecule has 3 aromatic carbocycles. The van der Waals surface area contributed by atoms with E-state index in [2.05, 4.69) is 5.32 Å². The number of carbonyl (C=O) groups is 2. The predicted molar refractivity (Wildman–Crippen MR) is 164 cm³/mol. The van der Waals surface area contributed by atoms with E-state index in [0.717, 1.165) is 16.4 Å². The average molecular weight is 628 g/mol. The van der Waals surface area contributed by atoms with Gasteiger partial charge in [0, 0.05) is 18.2 Å². The number of nitrogens with one attached hydrogen (secondary N) is 1. The number of carbonyl (C=O) groups excluding carboxylic acids is 2. The summed E-state index contributed by atoms with van der Waals surface area (Å²) in [6.45, 7) is 7.22. The normalized spacial score (nSPS) is 13.5. The van der Waals surface area contributed by atoms with Gasteiger partial charge in [0.15, 0.2) is 11.5 Å². The molecule has 2 amide bonds. The van der Waals surface area contributed by atoms with E-state index in [1.54, 1.807) is 31.2 Å². The number of rotatable bonds is 11. The molecule has 0 radical (unpaired) electrons. The summed E-state index contributed by atoms with van der Waals surface area (Å²) in [7, 11) is -2.86. The minimum Gasteiger partial charge on any atom is -0.497 e. The Bertz CT molecular complexity index is 1590. The number of methoxy groups -OCH3 is 1. The summed E-state index contributed by atoms with van der Waals surface area (Å²) in [6.07, 6.45) is 0.267. The van der Waals surface area contributed by atoms with Crippen molar-refractivity contribution in [3.8, 4) is 17.2 Å². The highest BCUT2D eigenvalue weighted by Gasteiger charge is 2.35. The summed E-state index contributed by atoms with van der Waals surface area (Å²) in [5.74, 6) is -0.349. The molecule has 0 spiro atoms. The van der Waals surface area contributed by atoms with Crippen LogP contribution in [0.4, 0.5) is 10.1 Å². The van der Waals surface area contributed by atoms with Crippen LogP contribution in [-0.4, -0.2) is 63.6 Å². The average Bonchev–Trinajstić information content (AvgIpc) is 2.99. The van der Waals surface area contributed by atoms with Crippen LogP contribution in [-0.2, 0) is 26.2 Å². The molecule has 1 aliphatic heterocycles. The molecule has 0 aromatic heterocycles. The number of hydrogen-bond donors (Lipinski definition) is 1. The van der Waals surface area contributed by atoms with E-state index in [1.807, 2.05) is 20.8 Å². The van der Waals surface area contributed by atoms with Gasteiger partial charge in [-0.25, -0.2) is 12.8 Å². The van der Waals surface area contributed by atoms with E-state index in [4.69, 9.17) is 14.2 Å². The summed E-state index contributed by atoms with van der Waals surface area (Å²) in [4.78, 5) is 28.9. The van der Waals surface area contributed by atoms with Crippen molar-refractivity contribution in [3.05, 3.63) is 78.1 Å². The molecule has 0 fully saturated rings. The lowest BCUT2D eigenvalue weighted by Crippen LogP contribution is -2.55. The molecular formula is C32H38FN3O7S. The molecule has 12 heteroatoms. The van der Waals surface area contributed by atoms with Crippen molar-refractivity contribution in [3.63, 3.8) is 0 Å². The highest BCUT2D eigenvalue weighted by molar-refractivity contribution is 7.92. The topological polar surface area (TPSA) is 114 Å². The first kappa shape index (κ1) is 32.6. The van der Waals surface area contributed by atoms with Gasteiger partial charge in [-0.05, 0) is 81.3 Å². The molecule has 1 atom stereocenters. The second-order valence-corrected chi connectivity index (χ2v) is 13.2. The Morgan fingerprint density at radius 3 is 2.32 bits per heavy atom. The van der Waals surface area contributed by atoms with Crippen molar-refractivity contribution in [2.75, 3.05) is 31.2 Å². The largest absolute Gasteiger partial charge is 0.497 e. The number of sulfonamides is 1. The Morgan fingerprint density at radius 2 is 1.68 bits per heavy atom. The van der Waals surface area contributed by atoms with Crippen LogP contribution in [0.5, 0.6) is 17.2 Å². The fourth-order valence-electron chi connectivity index (χ4n) is 4.79. The number of hydrogen-bond acceptors (Lipinski definition) is 7. The first-order valence-electron chi connectivity index (χ1n) is 14.2. The molecule has 1 aliphatic rings. The van der Waals surface area contributed by atoms with Gasteiger partial charge in [0.1, 0.15) is 37.4 Å². The molecule has 1 unspecified atom stereocenters. The highest BCUT2D eigenvalue weighted by atomic mass is 32.2. The second kappa shape index (κ2) is 13.5. The minimum atomic E-state index is -4.39. The van der Waals surface area contributed by atoms with Crippen LogP contribution in [0.15, 0.2) is 71.6 Å². The van der Waals surface area contributed by atoms with E-state index >= 15 is 0 Å². The number of ether oxygens (including phenoxy) is 3. The third-order valence-corrected chi connectivity index (χ3v) is 8.64. The molecule has 4 rings (SSSR count). The summed E-state index contributed by atoms with van der Waals surface area (Å²) in [5.41, 5.74) is 0.183. The fraction of sp³-hybridized carbons (Fsp3) is 0.375. The van der Waals surface area contributed by atoms with Gasteiger partial charge in [-0.1, -0.05) is 19.1 Å². The maximum atomic E-state index is 14.2. The van der Waals surface area contributed by atoms with Gasteiger partial charge in [-0.15, -0.1) is 0 Å². The van der Waals surface area contributed by atoms with Crippen LogP contribution in [0.2, 0.25) is 0 Å². The van der Waals surface area contributed by atoms with Gasteiger partial charge in [-0.2, -0.15) is 0 Å². The van der Waals surface area contributed by atoms with Crippen molar-refractivity contribution in [1.82, 2.24) is 10.2 Å². The zero-order chi connectivity index (χ0) is 32.1. The molecule has 236 valence electrons. The molecule has 3 aromatic rings. The molecule has 0 saturated heterocycles. The lowest BCUT2D eigenvalue weighted by molar-refractivity contribution is -0.141. The SMILES string of the molecule is CCC(C(=O)NC(C)(C)C)N(Cc1cccc(OC)c1)C(=O)CN(c1ccc(F)cc1)S(=O)(=O)c1ccc2c(c1)OCCO2. The molecular weight excluding hydrogens is 589 g/mol. The van der Waals surface area contributed by atoms with Gasteiger partial charge in [-0.3, -0.25) is 13.9 Å². The second-order valence-electron chi connectivity index (χ2n) is 11.3. The molecule has 0 aliphatic carbocycles. The Balaban J connectivity index is 1.76. The Morgan fingerprint density at radius 1 is 1.00 bits per heavy atom. The summed E-state index contributed by atoms with van der Waals surface area (Å²) >= 11 is 0. The van der Waals surface area contributed by atoms with Crippen molar-refractivity contribution in [1.29, 1.82) is 0 Å². The van der Waals surface area contributed by atoms with Crippen molar-refractivity contribution in [2.24, 2.45) is 0 Å². The van der Waals surface area contributed by atoms with Gasteiger partial charge in [0.05, 0.1) is 17.7 Å². The van der Waals surface area contributed by atoms with Gasteiger partial charge < -0.3 is 24.4 Å². The van der Waals surface area contributed by atoms with Crippen LogP contribution in [0, 0.1) is 5.82 Å². The zero-order valence-corrected chi connectivity index (χ0v) is 26.3. The Hall–Kier alpha value is -4.32. The number of amides is 2. The van der Waals surface area contributed by atoms with Crippen molar-refractivity contribution < 1.29 is 36.6 Å². The van der Waals surface area contributed by atoms with Gasteiger partial charge >= 0.3 is 0 Å². The van der Waals surface area contributed by atoms with Crippen LogP contribution >= 0.6 is 0 Å². The predicted octanol–water partition coefficient (Wildman–Crippen LogP) is 4.52. The number of halogens is 1. The van der Waals surface area contributed by atoms with Crippen LogP contribution in [0.3, 0.4) is 0 Å². The van der Waals surface area contributed by atoms with E-state index in [1.165, 1.54) is 42.3 Å². The van der Waals surface area contributed by atoms with Crippen molar-refractivity contribution >= 4 is 27.5 Å². The third kappa shape index (κ3) is 7.79. The van der Waals surface area contributed by atoms with Gasteiger partial charge in [0.25, 0.3) is 10.0 Å². The maximum absolute atomic E-state index is 14.2. The molecule has 10 nitrogen and oxygen atoms in total. The monoisotopic (exact) mass is 627 g/mol. The first-order chi connectivity index (χ1) is 20.8. The molecule has 0 bridgehead atoms. The summed E-state index contributed by atoms with van der Waals surface area (Å²) < 4.78 is 59.5. The van der Waals surface area contributed by atoms with E-state index in [9.17, 15) is 22.4 Å². The van der Waals surface area contributed by atoms with E-state index < -0.39 is 39.9 Å². The third-order valence-electron chi connectivity index (χ3n) is 6.87. The Kier molecular flexibility index (Phi) is 10.0. The highest BCUT2D eigenvalue weighted by Crippen LogP contribution is 2.34.